The van der Waals surface area contributed by atoms with Crippen LogP contribution in [0.1, 0.15) is 11.1 Å². The summed E-state index contributed by atoms with van der Waals surface area (Å²) in [6.07, 6.45) is 0.817. The van der Waals surface area contributed by atoms with Gasteiger partial charge in [0.25, 0.3) is 5.56 Å². The van der Waals surface area contributed by atoms with Crippen LogP contribution >= 0.6 is 23.2 Å². The maximum Gasteiger partial charge on any atom is 0.340 e. The molecule has 0 fully saturated rings. The first-order chi connectivity index (χ1) is 14.3. The summed E-state index contributed by atoms with van der Waals surface area (Å²) in [5.74, 6) is -0.652. The molecule has 164 valence electrons. The Balaban J connectivity index is 2.26. The number of aryl methyl sites for hydroxylation is 1. The molecule has 3 rings (SSSR count). The Morgan fingerprint density at radius 3 is 2.16 bits per heavy atom. The fraction of sp³-hybridized carbons (Fsp3) is 0.158. The molecule has 1 aromatic heterocycles. The minimum absolute atomic E-state index is 0.0249. The van der Waals surface area contributed by atoms with Gasteiger partial charge in [-0.3, -0.25) is 4.79 Å². The summed E-state index contributed by atoms with van der Waals surface area (Å²) in [4.78, 5) is 16.7. The van der Waals surface area contributed by atoms with Crippen molar-refractivity contribution in [1.82, 2.24) is 9.55 Å². The molecule has 8 nitrogen and oxygen atoms in total. The van der Waals surface area contributed by atoms with Gasteiger partial charge in [-0.15, -0.1) is 0 Å². The molecule has 2 aromatic carbocycles. The molecule has 0 spiro atoms. The van der Waals surface area contributed by atoms with Crippen LogP contribution < -0.4 is 9.74 Å². The quantitative estimate of drug-likeness (QED) is 0.388. The first-order valence-corrected chi connectivity index (χ1v) is 12.7. The largest absolute Gasteiger partial charge is 0.358 e. The van der Waals surface area contributed by atoms with Crippen molar-refractivity contribution in [2.75, 3.05) is 6.26 Å². The lowest BCUT2D eigenvalue weighted by Gasteiger charge is -2.16. The molecule has 0 bridgehead atoms. The van der Waals surface area contributed by atoms with Crippen LogP contribution in [0.4, 0.5) is 0 Å². The zero-order valence-electron chi connectivity index (χ0n) is 16.5. The zero-order valence-corrected chi connectivity index (χ0v) is 19.6. The highest BCUT2D eigenvalue weighted by atomic mass is 35.5. The topological polar surface area (TPSA) is 112 Å². The Morgan fingerprint density at radius 1 is 0.968 bits per heavy atom. The molecule has 0 radical (unpaired) electrons. The van der Waals surface area contributed by atoms with Gasteiger partial charge in [0.05, 0.1) is 21.3 Å². The van der Waals surface area contributed by atoms with Gasteiger partial charge in [0, 0.05) is 6.26 Å². The minimum Gasteiger partial charge on any atom is -0.358 e. The van der Waals surface area contributed by atoms with Crippen LogP contribution in [0, 0.1) is 13.8 Å². The van der Waals surface area contributed by atoms with Crippen LogP contribution in [0.3, 0.4) is 0 Å². The van der Waals surface area contributed by atoms with Gasteiger partial charge in [0.1, 0.15) is 4.90 Å². The standard InChI is InChI=1S/C19H16Cl2N2O6S2/c1-11-7-9-13(10-8-11)31(27,28)29-17-12(2)18(24)23(19(22-17)30(3,25)26)15-6-4-5-14(20)16(15)21/h4-10H,1-3H3. The molecular weight excluding hydrogens is 487 g/mol. The minimum atomic E-state index is -4.38. The second kappa shape index (κ2) is 8.27. The smallest absolute Gasteiger partial charge is 0.340 e. The lowest BCUT2D eigenvalue weighted by atomic mass is 10.2. The van der Waals surface area contributed by atoms with E-state index in [0.717, 1.165) is 16.4 Å². The Bertz CT molecular complexity index is 1450. The van der Waals surface area contributed by atoms with Crippen molar-refractivity contribution in [3.05, 3.63) is 74.0 Å². The average molecular weight is 503 g/mol. The zero-order chi connectivity index (χ0) is 23.1. The van der Waals surface area contributed by atoms with E-state index in [2.05, 4.69) is 4.98 Å². The summed E-state index contributed by atoms with van der Waals surface area (Å²) in [5.41, 5.74) is -0.315. The molecule has 0 amide bonds. The van der Waals surface area contributed by atoms with E-state index in [1.807, 2.05) is 0 Å². The van der Waals surface area contributed by atoms with E-state index in [0.29, 0.717) is 0 Å². The van der Waals surface area contributed by atoms with E-state index in [1.165, 1.54) is 37.3 Å². The van der Waals surface area contributed by atoms with E-state index in [4.69, 9.17) is 27.4 Å². The number of benzene rings is 2. The highest BCUT2D eigenvalue weighted by Crippen LogP contribution is 2.30. The number of hydrogen-bond donors (Lipinski definition) is 0. The van der Waals surface area contributed by atoms with Crippen molar-refractivity contribution in [3.63, 3.8) is 0 Å². The van der Waals surface area contributed by atoms with E-state index in [-0.39, 0.29) is 26.2 Å². The fourth-order valence-corrected chi connectivity index (χ4v) is 4.71. The van der Waals surface area contributed by atoms with Crippen LogP contribution in [-0.2, 0) is 20.0 Å². The first-order valence-electron chi connectivity index (χ1n) is 8.62. The lowest BCUT2D eigenvalue weighted by Crippen LogP contribution is -2.29. The van der Waals surface area contributed by atoms with Crippen LogP contribution in [-0.4, -0.2) is 32.6 Å². The number of aromatic nitrogens is 2. The van der Waals surface area contributed by atoms with Crippen molar-refractivity contribution in [2.45, 2.75) is 23.9 Å². The van der Waals surface area contributed by atoms with Crippen molar-refractivity contribution in [1.29, 1.82) is 0 Å². The van der Waals surface area contributed by atoms with Crippen LogP contribution in [0.15, 0.2) is 57.3 Å². The highest BCUT2D eigenvalue weighted by molar-refractivity contribution is 7.90. The van der Waals surface area contributed by atoms with Crippen molar-refractivity contribution >= 4 is 43.2 Å². The van der Waals surface area contributed by atoms with E-state index in [1.54, 1.807) is 19.1 Å². The van der Waals surface area contributed by atoms with E-state index < -0.39 is 36.6 Å². The normalized spacial score (nSPS) is 12.0. The summed E-state index contributed by atoms with van der Waals surface area (Å²) < 4.78 is 55.9. The Kier molecular flexibility index (Phi) is 6.21. The summed E-state index contributed by atoms with van der Waals surface area (Å²) in [7, 11) is -8.50. The fourth-order valence-electron chi connectivity index (χ4n) is 2.63. The molecule has 0 aliphatic rings. The third-order valence-corrected chi connectivity index (χ3v) is 7.21. The molecule has 3 aromatic rings. The van der Waals surface area contributed by atoms with Crippen molar-refractivity contribution < 1.29 is 21.0 Å². The first kappa shape index (κ1) is 23.3. The Labute approximate surface area is 189 Å². The van der Waals surface area contributed by atoms with Crippen LogP contribution in [0.25, 0.3) is 5.69 Å². The van der Waals surface area contributed by atoms with Crippen molar-refractivity contribution in [2.24, 2.45) is 0 Å². The SMILES string of the molecule is Cc1ccc(S(=O)(=O)Oc2nc(S(C)(=O)=O)n(-c3cccc(Cl)c3Cl)c(=O)c2C)cc1. The molecular formula is C19H16Cl2N2O6S2. The molecule has 0 saturated carbocycles. The van der Waals surface area contributed by atoms with Gasteiger partial charge in [0.2, 0.25) is 20.9 Å². The Hall–Kier alpha value is -2.40. The predicted octanol–water partition coefficient (Wildman–Crippen LogP) is 3.33. The third kappa shape index (κ3) is 4.62. The number of hydrogen-bond acceptors (Lipinski definition) is 7. The summed E-state index contributed by atoms with van der Waals surface area (Å²) >= 11 is 12.2. The van der Waals surface area contributed by atoms with Gasteiger partial charge < -0.3 is 4.18 Å². The molecule has 0 saturated heterocycles. The molecule has 1 heterocycles. The molecule has 31 heavy (non-hydrogen) atoms. The summed E-state index contributed by atoms with van der Waals surface area (Å²) in [6.45, 7) is 3.04. The predicted molar refractivity (Wildman–Crippen MR) is 117 cm³/mol. The summed E-state index contributed by atoms with van der Waals surface area (Å²) in [6, 6.07) is 10.1. The van der Waals surface area contributed by atoms with Gasteiger partial charge in [-0.2, -0.15) is 13.4 Å². The molecule has 0 unspecified atom stereocenters. The second-order valence-corrected chi connectivity index (χ2v) is 10.9. The monoisotopic (exact) mass is 502 g/mol. The van der Waals surface area contributed by atoms with Crippen molar-refractivity contribution in [3.8, 4) is 11.6 Å². The van der Waals surface area contributed by atoms with Crippen LogP contribution in [0.2, 0.25) is 10.0 Å². The van der Waals surface area contributed by atoms with Gasteiger partial charge in [-0.25, -0.2) is 13.0 Å². The second-order valence-electron chi connectivity index (χ2n) is 6.66. The Morgan fingerprint density at radius 2 is 1.58 bits per heavy atom. The van der Waals surface area contributed by atoms with E-state index in [9.17, 15) is 21.6 Å². The molecule has 12 heteroatoms. The van der Waals surface area contributed by atoms with Gasteiger partial charge >= 0.3 is 10.1 Å². The number of rotatable bonds is 5. The number of halogens is 2. The number of sulfone groups is 1. The lowest BCUT2D eigenvalue weighted by molar-refractivity contribution is 0.463. The third-order valence-electron chi connectivity index (χ3n) is 4.24. The van der Waals surface area contributed by atoms with Gasteiger partial charge in [-0.05, 0) is 38.1 Å². The maximum absolute atomic E-state index is 13.1. The highest BCUT2D eigenvalue weighted by Gasteiger charge is 2.27. The number of nitrogens with zero attached hydrogens (tertiary/aromatic N) is 2. The molecule has 0 aliphatic carbocycles. The molecule has 0 N–H and O–H groups in total. The van der Waals surface area contributed by atoms with Gasteiger partial charge in [0.15, 0.2) is 0 Å². The van der Waals surface area contributed by atoms with E-state index >= 15 is 0 Å². The molecule has 0 atom stereocenters. The van der Waals surface area contributed by atoms with Crippen LogP contribution in [0.5, 0.6) is 5.88 Å². The molecule has 0 aliphatic heterocycles. The maximum atomic E-state index is 13.1. The average Bonchev–Trinajstić information content (AvgIpc) is 2.67. The summed E-state index contributed by atoms with van der Waals surface area (Å²) in [5, 5.41) is -0.731. The van der Waals surface area contributed by atoms with Gasteiger partial charge in [-0.1, -0.05) is 47.0 Å².